The van der Waals surface area contributed by atoms with Crippen LogP contribution in [0.15, 0.2) is 17.1 Å². The summed E-state index contributed by atoms with van der Waals surface area (Å²) in [6.07, 6.45) is 1.26. The van der Waals surface area contributed by atoms with Gasteiger partial charge in [-0.25, -0.2) is 4.99 Å². The largest absolute Gasteiger partial charge is 0.370 e. The summed E-state index contributed by atoms with van der Waals surface area (Å²) >= 11 is 0. The second-order valence-electron chi connectivity index (χ2n) is 4.59. The lowest BCUT2D eigenvalue weighted by atomic mass is 10.1. The lowest BCUT2D eigenvalue weighted by Crippen LogP contribution is -2.36. The molecule has 0 spiro atoms. The lowest BCUT2D eigenvalue weighted by Gasteiger charge is -2.14. The number of nitrogens with two attached hydrogens (primary N) is 1. The van der Waals surface area contributed by atoms with Gasteiger partial charge in [0.15, 0.2) is 5.96 Å². The minimum atomic E-state index is 0.540. The summed E-state index contributed by atoms with van der Waals surface area (Å²) in [5, 5.41) is 3.18. The maximum atomic E-state index is 5.75. The molecule has 92 valence electrons. The van der Waals surface area contributed by atoms with Gasteiger partial charge in [0.1, 0.15) is 0 Å². The predicted octanol–water partition coefficient (Wildman–Crippen LogP) is 0.809. The Labute approximate surface area is 98.6 Å². The van der Waals surface area contributed by atoms with Gasteiger partial charge in [0.05, 0.1) is 6.54 Å². The van der Waals surface area contributed by atoms with Crippen LogP contribution >= 0.6 is 0 Å². The third kappa shape index (κ3) is 4.66. The quantitative estimate of drug-likeness (QED) is 0.413. The SMILES string of the molecule is C=C(C)CN=C(N)NCC1CCN(CC)C1. The lowest BCUT2D eigenvalue weighted by molar-refractivity contribution is 0.342. The van der Waals surface area contributed by atoms with Crippen LogP contribution < -0.4 is 11.1 Å². The molecule has 0 aromatic carbocycles. The Morgan fingerprint density at radius 2 is 2.38 bits per heavy atom. The van der Waals surface area contributed by atoms with Crippen LogP contribution in [0.5, 0.6) is 0 Å². The van der Waals surface area contributed by atoms with E-state index in [9.17, 15) is 0 Å². The molecule has 1 aliphatic rings. The highest BCUT2D eigenvalue weighted by atomic mass is 15.2. The van der Waals surface area contributed by atoms with E-state index in [2.05, 4.69) is 28.7 Å². The van der Waals surface area contributed by atoms with Crippen LogP contribution in [-0.4, -0.2) is 43.6 Å². The van der Waals surface area contributed by atoms with E-state index in [1.54, 1.807) is 0 Å². The molecule has 4 heteroatoms. The average molecular weight is 224 g/mol. The fourth-order valence-electron chi connectivity index (χ4n) is 1.89. The van der Waals surface area contributed by atoms with Gasteiger partial charge in [-0.05, 0) is 32.4 Å². The Hall–Kier alpha value is -1.03. The topological polar surface area (TPSA) is 53.6 Å². The standard InChI is InChI=1S/C12H24N4/c1-4-16-6-5-11(9-16)8-15-12(13)14-7-10(2)3/h11H,2,4-9H2,1,3H3,(H3,13,14,15). The summed E-state index contributed by atoms with van der Waals surface area (Å²) < 4.78 is 0. The van der Waals surface area contributed by atoms with Crippen LogP contribution in [0, 0.1) is 5.92 Å². The molecule has 0 amide bonds. The highest BCUT2D eigenvalue weighted by molar-refractivity contribution is 5.77. The first-order valence-corrected chi connectivity index (χ1v) is 6.02. The van der Waals surface area contributed by atoms with E-state index in [1.807, 2.05) is 6.92 Å². The van der Waals surface area contributed by atoms with Crippen LogP contribution in [0.25, 0.3) is 0 Å². The molecule has 1 atom stereocenters. The van der Waals surface area contributed by atoms with Crippen molar-refractivity contribution in [3.8, 4) is 0 Å². The van der Waals surface area contributed by atoms with E-state index in [0.29, 0.717) is 18.4 Å². The van der Waals surface area contributed by atoms with E-state index < -0.39 is 0 Å². The number of guanidine groups is 1. The molecule has 0 aliphatic carbocycles. The molecular weight excluding hydrogens is 200 g/mol. The maximum Gasteiger partial charge on any atom is 0.188 e. The van der Waals surface area contributed by atoms with Gasteiger partial charge in [0.2, 0.25) is 0 Å². The smallest absolute Gasteiger partial charge is 0.188 e. The molecule has 4 nitrogen and oxygen atoms in total. The first-order valence-electron chi connectivity index (χ1n) is 6.02. The molecule has 3 N–H and O–H groups in total. The van der Waals surface area contributed by atoms with Gasteiger partial charge in [-0.3, -0.25) is 0 Å². The van der Waals surface area contributed by atoms with Crippen LogP contribution in [0.2, 0.25) is 0 Å². The molecule has 1 aliphatic heterocycles. The van der Waals surface area contributed by atoms with E-state index in [-0.39, 0.29) is 0 Å². The van der Waals surface area contributed by atoms with E-state index in [4.69, 9.17) is 5.73 Å². The maximum absolute atomic E-state index is 5.75. The number of hydrogen-bond acceptors (Lipinski definition) is 2. The van der Waals surface area contributed by atoms with Gasteiger partial charge in [-0.15, -0.1) is 0 Å². The predicted molar refractivity (Wildman–Crippen MR) is 69.5 cm³/mol. The molecule has 16 heavy (non-hydrogen) atoms. The Morgan fingerprint density at radius 3 is 2.94 bits per heavy atom. The van der Waals surface area contributed by atoms with Gasteiger partial charge < -0.3 is 16.0 Å². The molecule has 1 rings (SSSR count). The van der Waals surface area contributed by atoms with Gasteiger partial charge in [-0.1, -0.05) is 19.1 Å². The van der Waals surface area contributed by atoms with Crippen LogP contribution in [0.4, 0.5) is 0 Å². The molecule has 1 heterocycles. The highest BCUT2D eigenvalue weighted by Crippen LogP contribution is 2.14. The molecule has 1 fully saturated rings. The summed E-state index contributed by atoms with van der Waals surface area (Å²) in [6, 6.07) is 0. The average Bonchev–Trinajstić information content (AvgIpc) is 2.71. The number of nitrogens with zero attached hydrogens (tertiary/aromatic N) is 2. The Morgan fingerprint density at radius 1 is 1.62 bits per heavy atom. The van der Waals surface area contributed by atoms with Gasteiger partial charge >= 0.3 is 0 Å². The molecule has 0 aromatic heterocycles. The van der Waals surface area contributed by atoms with Gasteiger partial charge in [0, 0.05) is 13.1 Å². The van der Waals surface area contributed by atoms with Crippen molar-refractivity contribution in [1.29, 1.82) is 0 Å². The number of rotatable bonds is 5. The van der Waals surface area contributed by atoms with Crippen molar-refractivity contribution in [3.05, 3.63) is 12.2 Å². The Kier molecular flexibility index (Phi) is 5.32. The summed E-state index contributed by atoms with van der Waals surface area (Å²) in [6.45, 7) is 13.0. The molecule has 0 radical (unpaired) electrons. The summed E-state index contributed by atoms with van der Waals surface area (Å²) in [7, 11) is 0. The number of likely N-dealkylation sites (tertiary alicyclic amines) is 1. The van der Waals surface area contributed by atoms with E-state index >= 15 is 0 Å². The summed E-state index contributed by atoms with van der Waals surface area (Å²) in [5.41, 5.74) is 6.78. The fourth-order valence-corrected chi connectivity index (χ4v) is 1.89. The normalized spacial score (nSPS) is 22.4. The molecule has 0 bridgehead atoms. The third-order valence-electron chi connectivity index (χ3n) is 2.91. The van der Waals surface area contributed by atoms with E-state index in [0.717, 1.165) is 18.7 Å². The fraction of sp³-hybridized carbons (Fsp3) is 0.750. The van der Waals surface area contributed by atoms with Gasteiger partial charge in [-0.2, -0.15) is 0 Å². The molecular formula is C12H24N4. The Bertz CT molecular complexity index is 260. The zero-order chi connectivity index (χ0) is 12.0. The van der Waals surface area contributed by atoms with Crippen molar-refractivity contribution in [1.82, 2.24) is 10.2 Å². The van der Waals surface area contributed by atoms with Crippen molar-refractivity contribution in [2.45, 2.75) is 20.3 Å². The summed E-state index contributed by atoms with van der Waals surface area (Å²) in [4.78, 5) is 6.66. The first kappa shape index (κ1) is 13.0. The van der Waals surface area contributed by atoms with Gasteiger partial charge in [0.25, 0.3) is 0 Å². The third-order valence-corrected chi connectivity index (χ3v) is 2.91. The molecule has 0 saturated carbocycles. The zero-order valence-corrected chi connectivity index (χ0v) is 10.5. The second-order valence-corrected chi connectivity index (χ2v) is 4.59. The van der Waals surface area contributed by atoms with E-state index in [1.165, 1.54) is 19.5 Å². The molecule has 1 saturated heterocycles. The minimum absolute atomic E-state index is 0.540. The highest BCUT2D eigenvalue weighted by Gasteiger charge is 2.20. The monoisotopic (exact) mass is 224 g/mol. The first-order chi connectivity index (χ1) is 7.61. The van der Waals surface area contributed by atoms with Crippen LogP contribution in [0.1, 0.15) is 20.3 Å². The van der Waals surface area contributed by atoms with Crippen molar-refractivity contribution < 1.29 is 0 Å². The summed E-state index contributed by atoms with van der Waals surface area (Å²) in [5.74, 6) is 1.25. The molecule has 1 unspecified atom stereocenters. The second kappa shape index (κ2) is 6.53. The number of aliphatic imine (C=N–C) groups is 1. The Balaban J connectivity index is 2.19. The number of nitrogens with one attached hydrogen (secondary N) is 1. The van der Waals surface area contributed by atoms with Crippen molar-refractivity contribution >= 4 is 5.96 Å². The number of hydrogen-bond donors (Lipinski definition) is 2. The minimum Gasteiger partial charge on any atom is -0.370 e. The van der Waals surface area contributed by atoms with Crippen LogP contribution in [0.3, 0.4) is 0 Å². The van der Waals surface area contributed by atoms with Crippen molar-refractivity contribution in [2.75, 3.05) is 32.7 Å². The van der Waals surface area contributed by atoms with Crippen LogP contribution in [-0.2, 0) is 0 Å². The van der Waals surface area contributed by atoms with Crippen molar-refractivity contribution in [3.63, 3.8) is 0 Å². The zero-order valence-electron chi connectivity index (χ0n) is 10.5. The molecule has 0 aromatic rings. The van der Waals surface area contributed by atoms with Crippen molar-refractivity contribution in [2.24, 2.45) is 16.6 Å².